The highest BCUT2D eigenvalue weighted by Gasteiger charge is 2.29. The van der Waals surface area contributed by atoms with Gasteiger partial charge in [0.05, 0.1) is 18.4 Å². The number of carbonyl (C=O) groups is 1. The number of hydrogen-bond acceptors (Lipinski definition) is 5. The van der Waals surface area contributed by atoms with Gasteiger partial charge in [-0.2, -0.15) is 0 Å². The van der Waals surface area contributed by atoms with Gasteiger partial charge in [0, 0.05) is 24.2 Å². The average molecular weight is 408 g/mol. The lowest BCUT2D eigenvalue weighted by atomic mass is 9.82. The number of ether oxygens (including phenoxy) is 1. The van der Waals surface area contributed by atoms with Crippen LogP contribution in [0.15, 0.2) is 54.7 Å². The SMILES string of the molecule is COc1ccc(CCNc2ncc3c(n2)C[C@H](c2ccccc2Cl)CC3=O)cc1. The molecule has 1 aromatic heterocycles. The molecule has 148 valence electrons. The summed E-state index contributed by atoms with van der Waals surface area (Å²) < 4.78 is 5.18. The van der Waals surface area contributed by atoms with Gasteiger partial charge in [-0.1, -0.05) is 41.9 Å². The molecule has 1 aliphatic rings. The Morgan fingerprint density at radius 1 is 1.14 bits per heavy atom. The second-order valence-electron chi connectivity index (χ2n) is 7.13. The third kappa shape index (κ3) is 4.40. The molecule has 1 heterocycles. The summed E-state index contributed by atoms with van der Waals surface area (Å²) in [6, 6.07) is 15.7. The number of benzene rings is 2. The first kappa shape index (κ1) is 19.4. The topological polar surface area (TPSA) is 64.1 Å². The van der Waals surface area contributed by atoms with E-state index in [0.717, 1.165) is 23.4 Å². The van der Waals surface area contributed by atoms with Crippen molar-refractivity contribution < 1.29 is 9.53 Å². The highest BCUT2D eigenvalue weighted by Crippen LogP contribution is 2.35. The van der Waals surface area contributed by atoms with E-state index in [1.807, 2.05) is 48.5 Å². The van der Waals surface area contributed by atoms with Crippen molar-refractivity contribution in [1.82, 2.24) is 9.97 Å². The minimum absolute atomic E-state index is 0.0470. The number of ketones is 1. The molecule has 5 nitrogen and oxygen atoms in total. The molecule has 0 fully saturated rings. The molecular formula is C23H22ClN3O2. The highest BCUT2D eigenvalue weighted by molar-refractivity contribution is 6.31. The van der Waals surface area contributed by atoms with E-state index in [1.54, 1.807) is 13.3 Å². The van der Waals surface area contributed by atoms with Gasteiger partial charge in [-0.25, -0.2) is 9.97 Å². The standard InChI is InChI=1S/C23H22ClN3O2/c1-29-17-8-6-15(7-9-17)10-11-25-23-26-14-19-21(27-23)12-16(13-22(19)28)18-4-2-3-5-20(18)24/h2-9,14,16H,10-13H2,1H3,(H,25,26,27)/t16-/m0/s1. The van der Waals surface area contributed by atoms with E-state index >= 15 is 0 Å². The highest BCUT2D eigenvalue weighted by atomic mass is 35.5. The fourth-order valence-electron chi connectivity index (χ4n) is 3.67. The van der Waals surface area contributed by atoms with Crippen LogP contribution in [0.5, 0.6) is 5.75 Å². The Kier molecular flexibility index (Phi) is 5.76. The molecule has 2 aromatic carbocycles. The summed E-state index contributed by atoms with van der Waals surface area (Å²) in [5.41, 5.74) is 3.60. The molecule has 0 amide bonds. The van der Waals surface area contributed by atoms with Crippen molar-refractivity contribution in [2.75, 3.05) is 19.0 Å². The number of halogens is 1. The first-order valence-corrected chi connectivity index (χ1v) is 10.0. The van der Waals surface area contributed by atoms with Crippen LogP contribution in [0.2, 0.25) is 5.02 Å². The lowest BCUT2D eigenvalue weighted by Gasteiger charge is -2.24. The van der Waals surface area contributed by atoms with Gasteiger partial charge in [0.25, 0.3) is 0 Å². The normalized spacial score (nSPS) is 15.7. The number of aromatic nitrogens is 2. The molecule has 0 bridgehead atoms. The molecular weight excluding hydrogens is 386 g/mol. The predicted octanol–water partition coefficient (Wildman–Crippen LogP) is 4.71. The Morgan fingerprint density at radius 3 is 2.69 bits per heavy atom. The third-order valence-corrected chi connectivity index (χ3v) is 5.58. The molecule has 4 rings (SSSR count). The number of anilines is 1. The van der Waals surface area contributed by atoms with Crippen LogP contribution in [-0.2, 0) is 12.8 Å². The van der Waals surface area contributed by atoms with Gasteiger partial charge < -0.3 is 10.1 Å². The van der Waals surface area contributed by atoms with Gasteiger partial charge in [0.2, 0.25) is 5.95 Å². The third-order valence-electron chi connectivity index (χ3n) is 5.24. The van der Waals surface area contributed by atoms with Gasteiger partial charge in [0.15, 0.2) is 5.78 Å². The number of nitrogens with one attached hydrogen (secondary N) is 1. The number of methoxy groups -OCH3 is 1. The fourth-order valence-corrected chi connectivity index (χ4v) is 3.96. The smallest absolute Gasteiger partial charge is 0.222 e. The van der Waals surface area contributed by atoms with Crippen LogP contribution in [-0.4, -0.2) is 29.4 Å². The molecule has 6 heteroatoms. The van der Waals surface area contributed by atoms with E-state index in [1.165, 1.54) is 5.56 Å². The van der Waals surface area contributed by atoms with E-state index in [9.17, 15) is 4.79 Å². The van der Waals surface area contributed by atoms with Crippen LogP contribution in [0.3, 0.4) is 0 Å². The maximum atomic E-state index is 12.6. The minimum Gasteiger partial charge on any atom is -0.497 e. The first-order valence-electron chi connectivity index (χ1n) is 9.64. The van der Waals surface area contributed by atoms with Crippen molar-refractivity contribution in [1.29, 1.82) is 0 Å². The van der Waals surface area contributed by atoms with Crippen LogP contribution in [0.25, 0.3) is 0 Å². The number of nitrogens with zero attached hydrogens (tertiary/aromatic N) is 2. The van der Waals surface area contributed by atoms with Crippen molar-refractivity contribution in [2.24, 2.45) is 0 Å². The van der Waals surface area contributed by atoms with Crippen LogP contribution < -0.4 is 10.1 Å². The summed E-state index contributed by atoms with van der Waals surface area (Å²) in [6.07, 6.45) is 3.60. The molecule has 1 atom stereocenters. The quantitative estimate of drug-likeness (QED) is 0.641. The summed E-state index contributed by atoms with van der Waals surface area (Å²) in [6.45, 7) is 0.701. The Balaban J connectivity index is 1.44. The maximum Gasteiger partial charge on any atom is 0.222 e. The second-order valence-corrected chi connectivity index (χ2v) is 7.54. The zero-order valence-corrected chi connectivity index (χ0v) is 16.9. The predicted molar refractivity (Wildman–Crippen MR) is 114 cm³/mol. The van der Waals surface area contributed by atoms with Gasteiger partial charge in [-0.05, 0) is 48.1 Å². The van der Waals surface area contributed by atoms with Crippen LogP contribution in [0.1, 0.15) is 39.5 Å². The van der Waals surface area contributed by atoms with Gasteiger partial charge in [-0.3, -0.25) is 4.79 Å². The molecule has 0 saturated carbocycles. The number of fused-ring (bicyclic) bond motifs is 1. The van der Waals surface area contributed by atoms with Crippen molar-refractivity contribution in [3.63, 3.8) is 0 Å². The van der Waals surface area contributed by atoms with Crippen molar-refractivity contribution in [3.05, 3.63) is 82.1 Å². The van der Waals surface area contributed by atoms with E-state index < -0.39 is 0 Å². The lowest BCUT2D eigenvalue weighted by molar-refractivity contribution is 0.0963. The first-order chi connectivity index (χ1) is 14.1. The summed E-state index contributed by atoms with van der Waals surface area (Å²) in [7, 11) is 1.66. The molecule has 1 N–H and O–H groups in total. The Bertz CT molecular complexity index is 1020. The molecule has 3 aromatic rings. The summed E-state index contributed by atoms with van der Waals surface area (Å²) >= 11 is 6.35. The maximum absolute atomic E-state index is 12.6. The monoisotopic (exact) mass is 407 g/mol. The van der Waals surface area contributed by atoms with Crippen LogP contribution >= 0.6 is 11.6 Å². The second kappa shape index (κ2) is 8.62. The van der Waals surface area contributed by atoms with Gasteiger partial charge >= 0.3 is 0 Å². The van der Waals surface area contributed by atoms with Crippen molar-refractivity contribution >= 4 is 23.3 Å². The zero-order chi connectivity index (χ0) is 20.2. The van der Waals surface area contributed by atoms with Crippen LogP contribution in [0.4, 0.5) is 5.95 Å². The Hall–Kier alpha value is -2.92. The molecule has 0 unspecified atom stereocenters. The van der Waals surface area contributed by atoms with Gasteiger partial charge in [0.1, 0.15) is 5.75 Å². The van der Waals surface area contributed by atoms with E-state index in [-0.39, 0.29) is 11.7 Å². The van der Waals surface area contributed by atoms with Crippen molar-refractivity contribution in [2.45, 2.75) is 25.2 Å². The Labute approximate surface area is 175 Å². The number of carbonyl (C=O) groups excluding carboxylic acids is 1. The molecule has 0 spiro atoms. The summed E-state index contributed by atoms with van der Waals surface area (Å²) in [5, 5.41) is 3.96. The van der Waals surface area contributed by atoms with Crippen LogP contribution in [0, 0.1) is 0 Å². The fraction of sp³-hybridized carbons (Fsp3) is 0.261. The van der Waals surface area contributed by atoms with E-state index in [2.05, 4.69) is 15.3 Å². The van der Waals surface area contributed by atoms with E-state index in [0.29, 0.717) is 35.9 Å². The largest absolute Gasteiger partial charge is 0.497 e. The lowest BCUT2D eigenvalue weighted by Crippen LogP contribution is -2.22. The average Bonchev–Trinajstić information content (AvgIpc) is 2.74. The minimum atomic E-state index is 0.0470. The summed E-state index contributed by atoms with van der Waals surface area (Å²) in [5.74, 6) is 1.51. The number of Topliss-reactive ketones (excluding diaryl/α,β-unsaturated/α-hetero) is 1. The molecule has 0 saturated heterocycles. The summed E-state index contributed by atoms with van der Waals surface area (Å²) in [4.78, 5) is 21.5. The Morgan fingerprint density at radius 2 is 1.93 bits per heavy atom. The number of rotatable bonds is 6. The molecule has 0 aliphatic heterocycles. The zero-order valence-electron chi connectivity index (χ0n) is 16.2. The van der Waals surface area contributed by atoms with E-state index in [4.69, 9.17) is 16.3 Å². The molecule has 29 heavy (non-hydrogen) atoms. The van der Waals surface area contributed by atoms with Crippen molar-refractivity contribution in [3.8, 4) is 5.75 Å². The van der Waals surface area contributed by atoms with Gasteiger partial charge in [-0.15, -0.1) is 0 Å². The molecule has 1 aliphatic carbocycles. The molecule has 0 radical (unpaired) electrons. The number of hydrogen-bond donors (Lipinski definition) is 1.